The Balaban J connectivity index is 1.40. The Kier molecular flexibility index (Phi) is 4.69. The standard InChI is InChI=1S/C21H21ClN4O2S/c22-16-7-9-17(10-8-16)29(27,28)26-13-11-25(12-14-26)21-18-3-1-2-4-19(18)23-20(24-21)15-5-6-15/h1-4,7-10,15H,5-6,11-14H2. The molecule has 1 aliphatic carbocycles. The molecule has 2 fully saturated rings. The van der Waals surface area contributed by atoms with E-state index in [2.05, 4.69) is 4.90 Å². The van der Waals surface area contributed by atoms with Crippen LogP contribution in [0.1, 0.15) is 24.6 Å². The number of nitrogens with zero attached hydrogens (tertiary/aromatic N) is 4. The molecule has 2 aliphatic rings. The summed E-state index contributed by atoms with van der Waals surface area (Å²) < 4.78 is 27.4. The lowest BCUT2D eigenvalue weighted by Crippen LogP contribution is -2.49. The third kappa shape index (κ3) is 3.58. The number of piperazine rings is 1. The van der Waals surface area contributed by atoms with Crippen molar-refractivity contribution in [3.05, 3.63) is 59.4 Å². The second-order valence-corrected chi connectivity index (χ2v) is 9.92. The quantitative estimate of drug-likeness (QED) is 0.634. The maximum atomic E-state index is 12.9. The molecular weight excluding hydrogens is 408 g/mol. The Bertz CT molecular complexity index is 1160. The van der Waals surface area contributed by atoms with Crippen molar-refractivity contribution in [1.29, 1.82) is 0 Å². The lowest BCUT2D eigenvalue weighted by atomic mass is 10.2. The Morgan fingerprint density at radius 2 is 1.59 bits per heavy atom. The second-order valence-electron chi connectivity index (χ2n) is 7.54. The van der Waals surface area contributed by atoms with Crippen LogP contribution in [0.25, 0.3) is 10.9 Å². The number of aromatic nitrogens is 2. The molecule has 3 aromatic rings. The SMILES string of the molecule is O=S(=O)(c1ccc(Cl)cc1)N1CCN(c2nc(C3CC3)nc3ccccc23)CC1. The van der Waals surface area contributed by atoms with Crippen LogP contribution in [0.5, 0.6) is 0 Å². The van der Waals surface area contributed by atoms with Gasteiger partial charge in [0.25, 0.3) is 0 Å². The van der Waals surface area contributed by atoms with E-state index in [1.54, 1.807) is 24.3 Å². The zero-order valence-corrected chi connectivity index (χ0v) is 17.4. The molecule has 0 radical (unpaired) electrons. The van der Waals surface area contributed by atoms with Crippen LogP contribution in [0.3, 0.4) is 0 Å². The van der Waals surface area contributed by atoms with Gasteiger partial charge in [0.05, 0.1) is 10.4 Å². The number of fused-ring (bicyclic) bond motifs is 1. The third-order valence-corrected chi connectivity index (χ3v) is 7.70. The van der Waals surface area contributed by atoms with Crippen molar-refractivity contribution in [2.75, 3.05) is 31.1 Å². The molecular formula is C21H21ClN4O2S. The highest BCUT2D eigenvalue weighted by Crippen LogP contribution is 2.40. The zero-order valence-electron chi connectivity index (χ0n) is 15.8. The Hall–Kier alpha value is -2.22. The fourth-order valence-corrected chi connectivity index (χ4v) is 5.29. The van der Waals surface area contributed by atoms with Gasteiger partial charge in [0, 0.05) is 42.5 Å². The normalized spacial score (nSPS) is 18.3. The fraction of sp³-hybridized carbons (Fsp3) is 0.333. The first-order valence-corrected chi connectivity index (χ1v) is 11.6. The first kappa shape index (κ1) is 18.8. The molecule has 1 saturated carbocycles. The summed E-state index contributed by atoms with van der Waals surface area (Å²) in [6.45, 7) is 2.03. The molecule has 6 nitrogen and oxygen atoms in total. The summed E-state index contributed by atoms with van der Waals surface area (Å²) in [4.78, 5) is 12.1. The smallest absolute Gasteiger partial charge is 0.243 e. The third-order valence-electron chi connectivity index (χ3n) is 5.53. The minimum Gasteiger partial charge on any atom is -0.353 e. The van der Waals surface area contributed by atoms with Gasteiger partial charge in [-0.1, -0.05) is 23.7 Å². The molecule has 5 rings (SSSR count). The lowest BCUT2D eigenvalue weighted by molar-refractivity contribution is 0.384. The minimum absolute atomic E-state index is 0.277. The van der Waals surface area contributed by atoms with Crippen molar-refractivity contribution in [3.8, 4) is 0 Å². The van der Waals surface area contributed by atoms with Crippen molar-refractivity contribution in [3.63, 3.8) is 0 Å². The summed E-state index contributed by atoms with van der Waals surface area (Å²) in [6, 6.07) is 14.4. The molecule has 0 N–H and O–H groups in total. The van der Waals surface area contributed by atoms with Gasteiger partial charge in [-0.25, -0.2) is 18.4 Å². The highest BCUT2D eigenvalue weighted by atomic mass is 35.5. The van der Waals surface area contributed by atoms with E-state index in [-0.39, 0.29) is 4.90 Å². The molecule has 150 valence electrons. The first-order valence-electron chi connectivity index (χ1n) is 9.80. The van der Waals surface area contributed by atoms with E-state index in [0.717, 1.165) is 35.4 Å². The van der Waals surface area contributed by atoms with E-state index < -0.39 is 10.0 Å². The number of hydrogen-bond donors (Lipinski definition) is 0. The van der Waals surface area contributed by atoms with Crippen molar-refractivity contribution in [2.24, 2.45) is 0 Å². The van der Waals surface area contributed by atoms with Crippen LogP contribution in [-0.2, 0) is 10.0 Å². The number of rotatable bonds is 4. The summed E-state index contributed by atoms with van der Waals surface area (Å²) in [7, 11) is -3.52. The number of anilines is 1. The lowest BCUT2D eigenvalue weighted by Gasteiger charge is -2.35. The van der Waals surface area contributed by atoms with Gasteiger partial charge in [0.15, 0.2) is 0 Å². The number of sulfonamides is 1. The molecule has 2 aromatic carbocycles. The summed E-state index contributed by atoms with van der Waals surface area (Å²) in [5.41, 5.74) is 0.954. The topological polar surface area (TPSA) is 66.4 Å². The molecule has 0 amide bonds. The van der Waals surface area contributed by atoms with E-state index in [4.69, 9.17) is 21.6 Å². The highest BCUT2D eigenvalue weighted by molar-refractivity contribution is 7.89. The average molecular weight is 429 g/mol. The van der Waals surface area contributed by atoms with E-state index in [1.165, 1.54) is 4.31 Å². The van der Waals surface area contributed by atoms with Crippen LogP contribution in [0, 0.1) is 0 Å². The van der Waals surface area contributed by atoms with E-state index in [1.807, 2.05) is 24.3 Å². The van der Waals surface area contributed by atoms with Crippen molar-refractivity contribution in [2.45, 2.75) is 23.7 Å². The Morgan fingerprint density at radius 1 is 0.897 bits per heavy atom. The minimum atomic E-state index is -3.52. The van der Waals surface area contributed by atoms with Gasteiger partial charge in [0.2, 0.25) is 10.0 Å². The number of para-hydroxylation sites is 1. The van der Waals surface area contributed by atoms with Gasteiger partial charge in [-0.3, -0.25) is 0 Å². The Labute approximate surface area is 175 Å². The monoisotopic (exact) mass is 428 g/mol. The van der Waals surface area contributed by atoms with Gasteiger partial charge < -0.3 is 4.90 Å². The molecule has 2 heterocycles. The Morgan fingerprint density at radius 3 is 2.28 bits per heavy atom. The van der Waals surface area contributed by atoms with Crippen LogP contribution in [0.2, 0.25) is 5.02 Å². The summed E-state index contributed by atoms with van der Waals surface area (Å²) in [6.07, 6.45) is 2.29. The van der Waals surface area contributed by atoms with Crippen LogP contribution in [0.15, 0.2) is 53.4 Å². The number of hydrogen-bond acceptors (Lipinski definition) is 5. The largest absolute Gasteiger partial charge is 0.353 e. The molecule has 1 aromatic heterocycles. The van der Waals surface area contributed by atoms with Crippen molar-refractivity contribution >= 4 is 38.3 Å². The van der Waals surface area contributed by atoms with Gasteiger partial charge in [-0.2, -0.15) is 4.31 Å². The maximum Gasteiger partial charge on any atom is 0.243 e. The average Bonchev–Trinajstić information content (AvgIpc) is 3.59. The van der Waals surface area contributed by atoms with E-state index >= 15 is 0 Å². The van der Waals surface area contributed by atoms with Gasteiger partial charge in [0.1, 0.15) is 11.6 Å². The molecule has 0 spiro atoms. The molecule has 0 atom stereocenters. The van der Waals surface area contributed by atoms with E-state index in [9.17, 15) is 8.42 Å². The van der Waals surface area contributed by atoms with Gasteiger partial charge in [-0.15, -0.1) is 0 Å². The predicted molar refractivity (Wildman–Crippen MR) is 114 cm³/mol. The second kappa shape index (κ2) is 7.23. The van der Waals surface area contributed by atoms with Crippen LogP contribution in [-0.4, -0.2) is 48.9 Å². The highest BCUT2D eigenvalue weighted by Gasteiger charge is 2.31. The molecule has 1 aliphatic heterocycles. The van der Waals surface area contributed by atoms with Gasteiger partial charge in [-0.05, 0) is 49.2 Å². The number of benzene rings is 2. The first-order chi connectivity index (χ1) is 14.0. The fourth-order valence-electron chi connectivity index (χ4n) is 3.74. The molecule has 1 saturated heterocycles. The molecule has 0 unspecified atom stereocenters. The van der Waals surface area contributed by atoms with Crippen LogP contribution in [0.4, 0.5) is 5.82 Å². The number of halogens is 1. The maximum absolute atomic E-state index is 12.9. The molecule has 29 heavy (non-hydrogen) atoms. The predicted octanol–water partition coefficient (Wildman–Crippen LogP) is 3.67. The van der Waals surface area contributed by atoms with Gasteiger partial charge >= 0.3 is 0 Å². The van der Waals surface area contributed by atoms with Crippen molar-refractivity contribution < 1.29 is 8.42 Å². The molecule has 8 heteroatoms. The zero-order chi connectivity index (χ0) is 20.0. The summed E-state index contributed by atoms with van der Waals surface area (Å²) >= 11 is 5.89. The van der Waals surface area contributed by atoms with Crippen molar-refractivity contribution in [1.82, 2.24) is 14.3 Å². The van der Waals surface area contributed by atoms with Crippen LogP contribution >= 0.6 is 11.6 Å². The summed E-state index contributed by atoms with van der Waals surface area (Å²) in [5, 5.41) is 1.54. The summed E-state index contributed by atoms with van der Waals surface area (Å²) in [5.74, 6) is 2.29. The van der Waals surface area contributed by atoms with Crippen LogP contribution < -0.4 is 4.90 Å². The van der Waals surface area contributed by atoms with E-state index in [0.29, 0.717) is 37.1 Å². The molecule has 0 bridgehead atoms.